The molecule has 0 bridgehead atoms. The van der Waals surface area contributed by atoms with Gasteiger partial charge in [0, 0.05) is 18.6 Å². The normalized spacial score (nSPS) is 11.9. The minimum atomic E-state index is -0.421. The van der Waals surface area contributed by atoms with Crippen LogP contribution in [0.25, 0.3) is 0 Å². The van der Waals surface area contributed by atoms with Gasteiger partial charge in [0.15, 0.2) is 0 Å². The van der Waals surface area contributed by atoms with Gasteiger partial charge in [-0.3, -0.25) is 14.9 Å². The van der Waals surface area contributed by atoms with Crippen LogP contribution in [-0.2, 0) is 4.79 Å². The highest BCUT2D eigenvalue weighted by Gasteiger charge is 2.15. The molecule has 1 atom stereocenters. The lowest BCUT2D eigenvalue weighted by molar-refractivity contribution is -0.384. The molecule has 0 heterocycles. The molecule has 0 aliphatic carbocycles. The van der Waals surface area contributed by atoms with E-state index < -0.39 is 4.92 Å². The summed E-state index contributed by atoms with van der Waals surface area (Å²) in [5.41, 5.74) is 6.24. The topological polar surface area (TPSA) is 98.3 Å². The van der Waals surface area contributed by atoms with Gasteiger partial charge in [-0.2, -0.15) is 0 Å². The van der Waals surface area contributed by atoms with Crippen LogP contribution in [0.15, 0.2) is 24.3 Å². The van der Waals surface area contributed by atoms with Crippen molar-refractivity contribution in [2.75, 3.05) is 6.54 Å². The molecule has 1 aromatic carbocycles. The lowest BCUT2D eigenvalue weighted by Crippen LogP contribution is -2.27. The van der Waals surface area contributed by atoms with Crippen LogP contribution in [0.1, 0.15) is 57.1 Å². The molecule has 6 heteroatoms. The zero-order chi connectivity index (χ0) is 16.4. The molecule has 0 fully saturated rings. The summed E-state index contributed by atoms with van der Waals surface area (Å²) in [5.74, 6) is -0.00824. The molecule has 0 saturated heterocycles. The smallest absolute Gasteiger partial charge is 0.269 e. The first-order valence-electron chi connectivity index (χ1n) is 7.82. The highest BCUT2D eigenvalue weighted by atomic mass is 16.6. The van der Waals surface area contributed by atoms with E-state index in [4.69, 9.17) is 5.73 Å². The Labute approximate surface area is 131 Å². The highest BCUT2D eigenvalue weighted by molar-refractivity contribution is 5.76. The second-order valence-electron chi connectivity index (χ2n) is 5.33. The molecule has 6 nitrogen and oxygen atoms in total. The molecule has 1 unspecified atom stereocenters. The number of hydrogen-bond donors (Lipinski definition) is 2. The van der Waals surface area contributed by atoms with Crippen molar-refractivity contribution in [1.29, 1.82) is 0 Å². The van der Waals surface area contributed by atoms with Crippen molar-refractivity contribution >= 4 is 11.6 Å². The number of nitrogens with two attached hydrogens (primary N) is 1. The van der Waals surface area contributed by atoms with Crippen LogP contribution in [0.3, 0.4) is 0 Å². The number of nitro benzene ring substituents is 1. The monoisotopic (exact) mass is 307 g/mol. The molecule has 22 heavy (non-hydrogen) atoms. The fourth-order valence-corrected chi connectivity index (χ4v) is 2.33. The molecular formula is C16H25N3O3. The van der Waals surface area contributed by atoms with E-state index in [-0.39, 0.29) is 17.6 Å². The van der Waals surface area contributed by atoms with Crippen LogP contribution in [0.5, 0.6) is 0 Å². The average Bonchev–Trinajstić information content (AvgIpc) is 2.52. The van der Waals surface area contributed by atoms with Gasteiger partial charge in [-0.1, -0.05) is 31.9 Å². The second-order valence-corrected chi connectivity index (χ2v) is 5.33. The Morgan fingerprint density at radius 3 is 2.68 bits per heavy atom. The average molecular weight is 307 g/mol. The van der Waals surface area contributed by atoms with Crippen LogP contribution in [0, 0.1) is 10.1 Å². The number of non-ortho nitro benzene ring substituents is 1. The Balaban J connectivity index is 2.52. The Morgan fingerprint density at radius 2 is 2.05 bits per heavy atom. The minimum Gasteiger partial charge on any atom is -0.349 e. The quantitative estimate of drug-likeness (QED) is 0.394. The third-order valence-corrected chi connectivity index (χ3v) is 3.58. The highest BCUT2D eigenvalue weighted by Crippen LogP contribution is 2.21. The van der Waals surface area contributed by atoms with Crippen molar-refractivity contribution in [2.24, 2.45) is 5.73 Å². The van der Waals surface area contributed by atoms with Gasteiger partial charge in [-0.25, -0.2) is 0 Å². The molecule has 1 amide bonds. The van der Waals surface area contributed by atoms with Crippen LogP contribution in [0.4, 0.5) is 5.69 Å². The predicted octanol–water partition coefficient (Wildman–Crippen LogP) is 3.07. The Morgan fingerprint density at radius 1 is 1.32 bits per heavy atom. The number of nitrogens with one attached hydrogen (secondary N) is 1. The van der Waals surface area contributed by atoms with E-state index in [1.807, 2.05) is 13.0 Å². The molecule has 122 valence electrons. The first-order chi connectivity index (χ1) is 10.6. The summed E-state index contributed by atoms with van der Waals surface area (Å²) >= 11 is 0. The number of amides is 1. The van der Waals surface area contributed by atoms with E-state index in [1.165, 1.54) is 12.1 Å². The molecule has 1 aromatic rings. The molecule has 3 N–H and O–H groups in total. The van der Waals surface area contributed by atoms with Crippen molar-refractivity contribution in [3.63, 3.8) is 0 Å². The zero-order valence-electron chi connectivity index (χ0n) is 13.1. The SMILES string of the molecule is CCC(NC(=O)CCCCCCN)c1cccc([N+](=O)[O-])c1. The van der Waals surface area contributed by atoms with Crippen molar-refractivity contribution in [3.8, 4) is 0 Å². The van der Waals surface area contributed by atoms with Gasteiger partial charge in [0.05, 0.1) is 11.0 Å². The third-order valence-electron chi connectivity index (χ3n) is 3.58. The summed E-state index contributed by atoms with van der Waals surface area (Å²) in [7, 11) is 0. The number of hydrogen-bond acceptors (Lipinski definition) is 4. The van der Waals surface area contributed by atoms with Gasteiger partial charge >= 0.3 is 0 Å². The standard InChI is InChI=1S/C16H25N3O3/c1-2-15(13-8-7-9-14(12-13)19(21)22)18-16(20)10-5-3-4-6-11-17/h7-9,12,15H,2-6,10-11,17H2,1H3,(H,18,20). The Hall–Kier alpha value is -1.95. The summed E-state index contributed by atoms with van der Waals surface area (Å²) in [5, 5.41) is 13.8. The first kappa shape index (κ1) is 18.1. The summed E-state index contributed by atoms with van der Waals surface area (Å²) in [4.78, 5) is 22.4. The van der Waals surface area contributed by atoms with Gasteiger partial charge in [-0.15, -0.1) is 0 Å². The number of rotatable bonds is 10. The maximum Gasteiger partial charge on any atom is 0.269 e. The number of unbranched alkanes of at least 4 members (excludes halogenated alkanes) is 3. The molecular weight excluding hydrogens is 282 g/mol. The third kappa shape index (κ3) is 6.22. The second kappa shape index (κ2) is 9.89. The molecule has 0 spiro atoms. The number of carbonyl (C=O) groups is 1. The Bertz CT molecular complexity index is 491. The summed E-state index contributed by atoms with van der Waals surface area (Å²) in [6.45, 7) is 2.64. The fraction of sp³-hybridized carbons (Fsp3) is 0.562. The zero-order valence-corrected chi connectivity index (χ0v) is 13.1. The molecule has 0 aliphatic rings. The van der Waals surface area contributed by atoms with Crippen LogP contribution in [-0.4, -0.2) is 17.4 Å². The number of nitrogens with zero attached hydrogens (tertiary/aromatic N) is 1. The van der Waals surface area contributed by atoms with E-state index in [0.717, 1.165) is 31.2 Å². The van der Waals surface area contributed by atoms with E-state index in [0.29, 0.717) is 19.4 Å². The maximum atomic E-state index is 12.0. The predicted molar refractivity (Wildman–Crippen MR) is 86.4 cm³/mol. The molecule has 0 radical (unpaired) electrons. The lowest BCUT2D eigenvalue weighted by atomic mass is 10.0. The van der Waals surface area contributed by atoms with Crippen LogP contribution < -0.4 is 11.1 Å². The van der Waals surface area contributed by atoms with Crippen molar-refractivity contribution < 1.29 is 9.72 Å². The van der Waals surface area contributed by atoms with Crippen molar-refractivity contribution in [1.82, 2.24) is 5.32 Å². The number of benzene rings is 1. The van der Waals surface area contributed by atoms with Gasteiger partial charge in [0.25, 0.3) is 5.69 Å². The van der Waals surface area contributed by atoms with Crippen LogP contribution in [0.2, 0.25) is 0 Å². The van der Waals surface area contributed by atoms with Gasteiger partial charge < -0.3 is 11.1 Å². The van der Waals surface area contributed by atoms with E-state index >= 15 is 0 Å². The van der Waals surface area contributed by atoms with Gasteiger partial charge in [-0.05, 0) is 31.4 Å². The molecule has 0 saturated carbocycles. The lowest BCUT2D eigenvalue weighted by Gasteiger charge is -2.17. The summed E-state index contributed by atoms with van der Waals surface area (Å²) in [6, 6.07) is 6.25. The van der Waals surface area contributed by atoms with Crippen molar-refractivity contribution in [3.05, 3.63) is 39.9 Å². The summed E-state index contributed by atoms with van der Waals surface area (Å²) < 4.78 is 0. The molecule has 0 aliphatic heterocycles. The van der Waals surface area contributed by atoms with Crippen molar-refractivity contribution in [2.45, 2.75) is 51.5 Å². The summed E-state index contributed by atoms with van der Waals surface area (Å²) in [6.07, 6.45) is 5.06. The molecule has 1 rings (SSSR count). The van der Waals surface area contributed by atoms with E-state index in [1.54, 1.807) is 6.07 Å². The van der Waals surface area contributed by atoms with Gasteiger partial charge in [0.2, 0.25) is 5.91 Å². The van der Waals surface area contributed by atoms with E-state index in [2.05, 4.69) is 5.32 Å². The fourth-order valence-electron chi connectivity index (χ4n) is 2.33. The minimum absolute atomic E-state index is 0.00824. The largest absolute Gasteiger partial charge is 0.349 e. The van der Waals surface area contributed by atoms with E-state index in [9.17, 15) is 14.9 Å². The number of nitro groups is 1. The molecule has 0 aromatic heterocycles. The Kier molecular flexibility index (Phi) is 8.14. The number of carbonyl (C=O) groups excluding carboxylic acids is 1. The first-order valence-corrected chi connectivity index (χ1v) is 7.82. The maximum absolute atomic E-state index is 12.0. The van der Waals surface area contributed by atoms with Crippen LogP contribution >= 0.6 is 0 Å². The van der Waals surface area contributed by atoms with Gasteiger partial charge in [0.1, 0.15) is 0 Å².